The molecule has 1 fully saturated rings. The number of nitrogens with one attached hydrogen (secondary N) is 1. The molecule has 1 nitrogen and oxygen atoms in total. The van der Waals surface area contributed by atoms with Crippen LogP contribution in [0.4, 0.5) is 0 Å². The van der Waals surface area contributed by atoms with Crippen molar-refractivity contribution in [3.05, 3.63) is 35.2 Å². The minimum absolute atomic E-state index is 0.547. The SMILES string of the molecule is CN[C@H](c1csc2ccccc12)[C@@H]1C[C@@H]1C. The molecule has 1 N–H and O–H groups in total. The van der Waals surface area contributed by atoms with Crippen LogP contribution in [0.3, 0.4) is 0 Å². The highest BCUT2D eigenvalue weighted by atomic mass is 32.1. The average Bonchev–Trinajstić information content (AvgIpc) is 2.88. The van der Waals surface area contributed by atoms with Gasteiger partial charge in [0.05, 0.1) is 0 Å². The molecular weight excluding hydrogens is 214 g/mol. The highest BCUT2D eigenvalue weighted by Gasteiger charge is 2.40. The molecule has 0 saturated heterocycles. The Balaban J connectivity index is 2.03. The Morgan fingerprint density at radius 3 is 2.81 bits per heavy atom. The smallest absolute Gasteiger partial charge is 0.0363 e. The summed E-state index contributed by atoms with van der Waals surface area (Å²) in [5.74, 6) is 1.72. The fourth-order valence-electron chi connectivity index (χ4n) is 2.65. The van der Waals surface area contributed by atoms with Gasteiger partial charge in [0.1, 0.15) is 0 Å². The number of fused-ring (bicyclic) bond motifs is 1. The lowest BCUT2D eigenvalue weighted by Crippen LogP contribution is -2.18. The van der Waals surface area contributed by atoms with Crippen LogP contribution in [0.15, 0.2) is 29.6 Å². The molecule has 1 aromatic carbocycles. The number of hydrogen-bond donors (Lipinski definition) is 1. The predicted molar refractivity (Wildman–Crippen MR) is 70.9 cm³/mol. The standard InChI is InChI=1S/C14H17NS/c1-9-7-11(9)14(15-2)12-8-16-13-6-4-3-5-10(12)13/h3-6,8-9,11,14-15H,7H2,1-2H3/t9-,11+,14-/m0/s1. The highest BCUT2D eigenvalue weighted by Crippen LogP contribution is 2.48. The van der Waals surface area contributed by atoms with E-state index in [1.54, 1.807) is 0 Å². The van der Waals surface area contributed by atoms with Crippen LogP contribution >= 0.6 is 11.3 Å². The summed E-state index contributed by atoms with van der Waals surface area (Å²) in [7, 11) is 2.09. The first-order chi connectivity index (χ1) is 7.81. The van der Waals surface area contributed by atoms with Crippen molar-refractivity contribution in [1.29, 1.82) is 0 Å². The van der Waals surface area contributed by atoms with Crippen LogP contribution < -0.4 is 5.32 Å². The fraction of sp³-hybridized carbons (Fsp3) is 0.429. The van der Waals surface area contributed by atoms with E-state index in [9.17, 15) is 0 Å². The Morgan fingerprint density at radius 2 is 2.12 bits per heavy atom. The summed E-state index contributed by atoms with van der Waals surface area (Å²) < 4.78 is 1.41. The number of thiophene rings is 1. The van der Waals surface area contributed by atoms with E-state index in [1.165, 1.54) is 22.1 Å². The van der Waals surface area contributed by atoms with Gasteiger partial charge in [-0.15, -0.1) is 11.3 Å². The maximum Gasteiger partial charge on any atom is 0.0363 e. The van der Waals surface area contributed by atoms with Crippen molar-refractivity contribution < 1.29 is 0 Å². The molecule has 2 heteroatoms. The molecule has 1 aliphatic rings. The van der Waals surface area contributed by atoms with E-state index in [4.69, 9.17) is 0 Å². The van der Waals surface area contributed by atoms with Gasteiger partial charge in [0.2, 0.25) is 0 Å². The molecular formula is C14H17NS. The summed E-state index contributed by atoms with van der Waals surface area (Å²) in [5, 5.41) is 7.26. The van der Waals surface area contributed by atoms with Crippen LogP contribution in [0.5, 0.6) is 0 Å². The minimum atomic E-state index is 0.547. The van der Waals surface area contributed by atoms with Gasteiger partial charge in [-0.1, -0.05) is 25.1 Å². The first-order valence-corrected chi connectivity index (χ1v) is 6.82. The molecule has 3 rings (SSSR count). The molecule has 84 valence electrons. The van der Waals surface area contributed by atoms with Crippen molar-refractivity contribution in [2.24, 2.45) is 11.8 Å². The van der Waals surface area contributed by atoms with Gasteiger partial charge >= 0.3 is 0 Å². The van der Waals surface area contributed by atoms with Gasteiger partial charge < -0.3 is 5.32 Å². The van der Waals surface area contributed by atoms with Crippen molar-refractivity contribution in [2.75, 3.05) is 7.05 Å². The summed E-state index contributed by atoms with van der Waals surface area (Å²) >= 11 is 1.86. The second-order valence-corrected chi connectivity index (χ2v) is 5.74. The van der Waals surface area contributed by atoms with Gasteiger partial charge in [-0.3, -0.25) is 0 Å². The Hall–Kier alpha value is -0.860. The Labute approximate surface area is 100 Å². The molecule has 0 unspecified atom stereocenters. The molecule has 2 aromatic rings. The van der Waals surface area contributed by atoms with Crippen LogP contribution in [0.1, 0.15) is 24.9 Å². The molecule has 0 radical (unpaired) electrons. The van der Waals surface area contributed by atoms with Crippen LogP contribution in [-0.4, -0.2) is 7.05 Å². The second-order valence-electron chi connectivity index (χ2n) is 4.83. The maximum atomic E-state index is 3.50. The van der Waals surface area contributed by atoms with E-state index in [2.05, 4.69) is 48.9 Å². The van der Waals surface area contributed by atoms with E-state index in [0.29, 0.717) is 6.04 Å². The Kier molecular flexibility index (Phi) is 2.49. The van der Waals surface area contributed by atoms with E-state index in [1.807, 2.05) is 11.3 Å². The second kappa shape index (κ2) is 3.86. The van der Waals surface area contributed by atoms with E-state index < -0.39 is 0 Å². The number of rotatable bonds is 3. The normalized spacial score (nSPS) is 25.9. The summed E-state index contributed by atoms with van der Waals surface area (Å²) in [6.45, 7) is 2.35. The first-order valence-electron chi connectivity index (χ1n) is 5.94. The Morgan fingerprint density at radius 1 is 1.38 bits per heavy atom. The molecule has 1 heterocycles. The third-order valence-corrected chi connectivity index (χ3v) is 4.74. The van der Waals surface area contributed by atoms with E-state index >= 15 is 0 Å². The number of hydrogen-bond acceptors (Lipinski definition) is 2. The average molecular weight is 231 g/mol. The number of benzene rings is 1. The van der Waals surface area contributed by atoms with Crippen molar-refractivity contribution in [3.63, 3.8) is 0 Å². The van der Waals surface area contributed by atoms with Gasteiger partial charge in [-0.25, -0.2) is 0 Å². The van der Waals surface area contributed by atoms with Crippen molar-refractivity contribution in [3.8, 4) is 0 Å². The summed E-state index contributed by atoms with van der Waals surface area (Å²) in [6.07, 6.45) is 1.37. The van der Waals surface area contributed by atoms with Crippen LogP contribution in [-0.2, 0) is 0 Å². The van der Waals surface area contributed by atoms with Crippen molar-refractivity contribution >= 4 is 21.4 Å². The molecule has 0 aliphatic heterocycles. The lowest BCUT2D eigenvalue weighted by Gasteiger charge is -2.15. The van der Waals surface area contributed by atoms with E-state index in [-0.39, 0.29) is 0 Å². The van der Waals surface area contributed by atoms with Gasteiger partial charge in [0, 0.05) is 10.7 Å². The third kappa shape index (κ3) is 1.57. The maximum absolute atomic E-state index is 3.50. The van der Waals surface area contributed by atoms with Gasteiger partial charge in [0.15, 0.2) is 0 Å². The molecule has 0 amide bonds. The molecule has 16 heavy (non-hydrogen) atoms. The molecule has 1 saturated carbocycles. The summed E-state index contributed by atoms with van der Waals surface area (Å²) in [5.41, 5.74) is 1.50. The predicted octanol–water partition coefficient (Wildman–Crippen LogP) is 3.82. The molecule has 0 spiro atoms. The lowest BCUT2D eigenvalue weighted by molar-refractivity contribution is 0.508. The van der Waals surface area contributed by atoms with Crippen LogP contribution in [0.25, 0.3) is 10.1 Å². The fourth-order valence-corrected chi connectivity index (χ4v) is 3.65. The molecule has 1 aromatic heterocycles. The van der Waals surface area contributed by atoms with Crippen LogP contribution in [0.2, 0.25) is 0 Å². The van der Waals surface area contributed by atoms with Crippen molar-refractivity contribution in [2.45, 2.75) is 19.4 Å². The zero-order valence-corrected chi connectivity index (χ0v) is 10.6. The Bertz CT molecular complexity index is 502. The zero-order chi connectivity index (χ0) is 11.1. The molecule has 0 bridgehead atoms. The van der Waals surface area contributed by atoms with Gasteiger partial charge in [-0.05, 0) is 47.7 Å². The van der Waals surface area contributed by atoms with E-state index in [0.717, 1.165) is 11.8 Å². The van der Waals surface area contributed by atoms with Crippen molar-refractivity contribution in [1.82, 2.24) is 5.32 Å². The quantitative estimate of drug-likeness (QED) is 0.847. The third-order valence-electron chi connectivity index (χ3n) is 3.76. The highest BCUT2D eigenvalue weighted by molar-refractivity contribution is 7.17. The largest absolute Gasteiger partial charge is 0.313 e. The topological polar surface area (TPSA) is 12.0 Å². The zero-order valence-electron chi connectivity index (χ0n) is 9.73. The van der Waals surface area contributed by atoms with Crippen LogP contribution in [0, 0.1) is 11.8 Å². The first kappa shape index (κ1) is 10.3. The van der Waals surface area contributed by atoms with Gasteiger partial charge in [-0.2, -0.15) is 0 Å². The minimum Gasteiger partial charge on any atom is -0.313 e. The molecule has 1 aliphatic carbocycles. The lowest BCUT2D eigenvalue weighted by atomic mass is 10.0. The molecule has 3 atom stereocenters. The summed E-state index contributed by atoms with van der Waals surface area (Å²) in [4.78, 5) is 0. The monoisotopic (exact) mass is 231 g/mol. The van der Waals surface area contributed by atoms with Gasteiger partial charge in [0.25, 0.3) is 0 Å². The summed E-state index contributed by atoms with van der Waals surface area (Å²) in [6, 6.07) is 9.27.